The van der Waals surface area contributed by atoms with E-state index in [1.165, 1.54) is 0 Å². The SMILES string of the molecule is C1CNCC[N-]1.[Na+]. The number of nitrogens with one attached hydrogen (secondary N) is 1. The Morgan fingerprint density at radius 3 is 1.86 bits per heavy atom. The van der Waals surface area contributed by atoms with E-state index in [0.717, 1.165) is 26.2 Å². The molecule has 0 unspecified atom stereocenters. The Morgan fingerprint density at radius 1 is 1.14 bits per heavy atom. The number of hydrogen-bond acceptors (Lipinski definition) is 1. The Balaban J connectivity index is 0.000000360. The Hall–Kier alpha value is 0.920. The van der Waals surface area contributed by atoms with Crippen molar-refractivity contribution in [2.75, 3.05) is 26.2 Å². The number of rotatable bonds is 0. The average molecular weight is 108 g/mol. The largest absolute Gasteiger partial charge is 1.00 e. The van der Waals surface area contributed by atoms with Crippen LogP contribution in [0.5, 0.6) is 0 Å². The zero-order valence-electron chi connectivity index (χ0n) is 4.78. The van der Waals surface area contributed by atoms with E-state index in [4.69, 9.17) is 0 Å². The van der Waals surface area contributed by atoms with Gasteiger partial charge in [-0.15, -0.1) is 13.1 Å². The second-order valence-corrected chi connectivity index (χ2v) is 1.42. The van der Waals surface area contributed by atoms with Crippen molar-refractivity contribution in [2.24, 2.45) is 0 Å². The maximum atomic E-state index is 4.11. The van der Waals surface area contributed by atoms with Crippen LogP contribution in [0.1, 0.15) is 0 Å². The third-order valence-corrected chi connectivity index (χ3v) is 0.893. The van der Waals surface area contributed by atoms with Gasteiger partial charge in [-0.05, 0) is 13.1 Å². The van der Waals surface area contributed by atoms with E-state index in [1.807, 2.05) is 0 Å². The van der Waals surface area contributed by atoms with E-state index in [1.54, 1.807) is 0 Å². The number of nitrogens with zero attached hydrogens (tertiary/aromatic N) is 1. The summed E-state index contributed by atoms with van der Waals surface area (Å²) in [6, 6.07) is 0. The molecule has 1 saturated heterocycles. The molecule has 1 N–H and O–H groups in total. The second kappa shape index (κ2) is 5.06. The molecule has 1 aliphatic rings. The van der Waals surface area contributed by atoms with Crippen molar-refractivity contribution < 1.29 is 29.6 Å². The molecule has 0 aliphatic carbocycles. The summed E-state index contributed by atoms with van der Waals surface area (Å²) >= 11 is 0. The van der Waals surface area contributed by atoms with E-state index >= 15 is 0 Å². The summed E-state index contributed by atoms with van der Waals surface area (Å²) in [6.45, 7) is 4.19. The molecule has 1 rings (SSSR count). The molecule has 0 bridgehead atoms. The smallest absolute Gasteiger partial charge is 0.660 e. The fourth-order valence-corrected chi connectivity index (χ4v) is 0.553. The Kier molecular flexibility index (Phi) is 5.73. The Bertz CT molecular complexity index is 25.2. The van der Waals surface area contributed by atoms with Gasteiger partial charge in [-0.1, -0.05) is 0 Å². The van der Waals surface area contributed by atoms with Gasteiger partial charge in [0.2, 0.25) is 0 Å². The average Bonchev–Trinajstić information content (AvgIpc) is 1.72. The van der Waals surface area contributed by atoms with Crippen LogP contribution in [-0.4, -0.2) is 26.2 Å². The first kappa shape index (κ1) is 7.92. The van der Waals surface area contributed by atoms with E-state index < -0.39 is 0 Å². The maximum absolute atomic E-state index is 4.11. The van der Waals surface area contributed by atoms with Crippen LogP contribution in [0, 0.1) is 0 Å². The monoisotopic (exact) mass is 108 g/mol. The van der Waals surface area contributed by atoms with Crippen molar-refractivity contribution >= 4 is 0 Å². The van der Waals surface area contributed by atoms with Crippen LogP contribution in [0.25, 0.3) is 5.32 Å². The number of hydrogen-bond donors (Lipinski definition) is 1. The molecule has 0 spiro atoms. The summed E-state index contributed by atoms with van der Waals surface area (Å²) in [5.41, 5.74) is 0. The third-order valence-electron chi connectivity index (χ3n) is 0.893. The van der Waals surface area contributed by atoms with E-state index in [2.05, 4.69) is 10.6 Å². The molecule has 1 fully saturated rings. The molecule has 1 heterocycles. The van der Waals surface area contributed by atoms with Crippen molar-refractivity contribution in [3.05, 3.63) is 5.32 Å². The van der Waals surface area contributed by atoms with Gasteiger partial charge in [0.05, 0.1) is 0 Å². The zero-order chi connectivity index (χ0) is 4.24. The minimum atomic E-state index is 0. The van der Waals surface area contributed by atoms with Crippen LogP contribution in [-0.2, 0) is 0 Å². The molecule has 3 heteroatoms. The molecular formula is C4H9N2Na. The quantitative estimate of drug-likeness (QED) is 0.328. The molecule has 0 atom stereocenters. The number of piperazine rings is 1. The van der Waals surface area contributed by atoms with Crippen molar-refractivity contribution in [1.29, 1.82) is 0 Å². The molecule has 0 saturated carbocycles. The van der Waals surface area contributed by atoms with Crippen LogP contribution in [0.3, 0.4) is 0 Å². The molecule has 36 valence electrons. The van der Waals surface area contributed by atoms with Crippen molar-refractivity contribution in [3.63, 3.8) is 0 Å². The van der Waals surface area contributed by atoms with Gasteiger partial charge >= 0.3 is 29.6 Å². The predicted octanol–water partition coefficient (Wildman–Crippen LogP) is -3.03. The first-order valence-corrected chi connectivity index (χ1v) is 2.34. The van der Waals surface area contributed by atoms with Crippen LogP contribution in [0.4, 0.5) is 0 Å². The molecule has 1 aliphatic heterocycles. The van der Waals surface area contributed by atoms with Gasteiger partial charge in [0.15, 0.2) is 0 Å². The summed E-state index contributed by atoms with van der Waals surface area (Å²) in [7, 11) is 0. The van der Waals surface area contributed by atoms with Gasteiger partial charge in [0, 0.05) is 0 Å². The summed E-state index contributed by atoms with van der Waals surface area (Å²) in [4.78, 5) is 0. The van der Waals surface area contributed by atoms with Gasteiger partial charge in [0.25, 0.3) is 0 Å². The fraction of sp³-hybridized carbons (Fsp3) is 1.00. The van der Waals surface area contributed by atoms with E-state index in [0.29, 0.717) is 0 Å². The standard InChI is InChI=1S/C4H9N2.Na/c1-2-6-4-3-5-1;/h5H,1-4H2;/q-1;+1. The molecule has 0 aromatic rings. The van der Waals surface area contributed by atoms with Gasteiger partial charge in [-0.3, -0.25) is 0 Å². The first-order chi connectivity index (χ1) is 3.00. The zero-order valence-corrected chi connectivity index (χ0v) is 6.78. The van der Waals surface area contributed by atoms with Gasteiger partial charge < -0.3 is 10.6 Å². The summed E-state index contributed by atoms with van der Waals surface area (Å²) < 4.78 is 0. The van der Waals surface area contributed by atoms with Crippen molar-refractivity contribution in [3.8, 4) is 0 Å². The van der Waals surface area contributed by atoms with E-state index in [9.17, 15) is 0 Å². The molecule has 7 heavy (non-hydrogen) atoms. The summed E-state index contributed by atoms with van der Waals surface area (Å²) in [6.07, 6.45) is 0. The minimum absolute atomic E-state index is 0. The molecule has 0 radical (unpaired) electrons. The van der Waals surface area contributed by atoms with Crippen LogP contribution in [0.2, 0.25) is 0 Å². The summed E-state index contributed by atoms with van der Waals surface area (Å²) in [5.74, 6) is 0. The van der Waals surface area contributed by atoms with Crippen molar-refractivity contribution in [1.82, 2.24) is 5.32 Å². The Labute approximate surface area is 66.3 Å². The second-order valence-electron chi connectivity index (χ2n) is 1.42. The normalized spacial score (nSPS) is 20.6. The molecule has 0 amide bonds. The van der Waals surface area contributed by atoms with E-state index in [-0.39, 0.29) is 29.6 Å². The third kappa shape index (κ3) is 3.50. The van der Waals surface area contributed by atoms with Gasteiger partial charge in [-0.25, -0.2) is 0 Å². The van der Waals surface area contributed by atoms with Crippen molar-refractivity contribution in [2.45, 2.75) is 0 Å². The van der Waals surface area contributed by atoms with Crippen LogP contribution in [0.15, 0.2) is 0 Å². The molecule has 0 aromatic heterocycles. The maximum Gasteiger partial charge on any atom is 1.00 e. The van der Waals surface area contributed by atoms with Gasteiger partial charge in [0.1, 0.15) is 0 Å². The summed E-state index contributed by atoms with van der Waals surface area (Å²) in [5, 5.41) is 7.31. The Morgan fingerprint density at radius 2 is 1.71 bits per heavy atom. The first-order valence-electron chi connectivity index (χ1n) is 2.34. The molecule has 0 aromatic carbocycles. The van der Waals surface area contributed by atoms with Crippen LogP contribution >= 0.6 is 0 Å². The fourth-order valence-electron chi connectivity index (χ4n) is 0.553. The molecular weight excluding hydrogens is 99.0 g/mol. The predicted molar refractivity (Wildman–Crippen MR) is 26.0 cm³/mol. The minimum Gasteiger partial charge on any atom is -0.660 e. The molecule has 2 nitrogen and oxygen atoms in total. The van der Waals surface area contributed by atoms with Crippen LogP contribution < -0.4 is 34.9 Å². The van der Waals surface area contributed by atoms with Gasteiger partial charge in [-0.2, -0.15) is 0 Å². The topological polar surface area (TPSA) is 26.1 Å².